The molecule has 1 aliphatic heterocycles. The molecular weight excluding hydrogens is 610 g/mol. The fourth-order valence-corrected chi connectivity index (χ4v) is 5.03. The van der Waals surface area contributed by atoms with Crippen LogP contribution in [0.5, 0.6) is 0 Å². The summed E-state index contributed by atoms with van der Waals surface area (Å²) in [5, 5.41) is 0.262. The molecule has 2 atom stereocenters. The first-order chi connectivity index (χ1) is 21.9. The lowest BCUT2D eigenvalue weighted by Crippen LogP contribution is -2.42. The first kappa shape index (κ1) is 37.9. The zero-order valence-corrected chi connectivity index (χ0v) is 28.0. The Morgan fingerprint density at radius 1 is 0.933 bits per heavy atom. The van der Waals surface area contributed by atoms with Crippen LogP contribution in [0.2, 0.25) is 5.02 Å². The normalized spacial score (nSPS) is 17.7. The Kier molecular flexibility index (Phi) is 19.4. The number of ether oxygens (including phenoxy) is 3. The average Bonchev–Trinajstić information content (AvgIpc) is 3.03. The fourth-order valence-electron chi connectivity index (χ4n) is 4.52. The van der Waals surface area contributed by atoms with E-state index >= 15 is 0 Å². The Bertz CT molecular complexity index is 1250. The Labute approximate surface area is 278 Å². The van der Waals surface area contributed by atoms with Crippen molar-refractivity contribution in [3.05, 3.63) is 107 Å². The number of likely N-dealkylation sites (tertiary alicyclic amines) is 1. The van der Waals surface area contributed by atoms with E-state index in [2.05, 4.69) is 68.2 Å². The van der Waals surface area contributed by atoms with Gasteiger partial charge in [-0.2, -0.15) is 12.6 Å². The van der Waals surface area contributed by atoms with Crippen molar-refractivity contribution < 1.29 is 28.6 Å². The van der Waals surface area contributed by atoms with E-state index in [0.717, 1.165) is 32.1 Å². The zero-order chi connectivity index (χ0) is 32.7. The van der Waals surface area contributed by atoms with Crippen molar-refractivity contribution in [1.82, 2.24) is 4.90 Å². The van der Waals surface area contributed by atoms with Crippen molar-refractivity contribution in [2.45, 2.75) is 69.6 Å². The van der Waals surface area contributed by atoms with Crippen molar-refractivity contribution >= 4 is 42.1 Å². The first-order valence-corrected chi connectivity index (χ1v) is 16.3. The van der Waals surface area contributed by atoms with Gasteiger partial charge in [-0.15, -0.1) is 0 Å². The number of benzene rings is 1. The Morgan fingerprint density at radius 2 is 1.53 bits per heavy atom. The number of allylic oxidation sites excluding steroid dienone is 10. The monoisotopic (exact) mass is 655 g/mol. The Balaban J connectivity index is 1.68. The lowest BCUT2D eigenvalue weighted by Gasteiger charge is -2.36. The molecule has 45 heavy (non-hydrogen) atoms. The second-order valence-corrected chi connectivity index (χ2v) is 11.3. The summed E-state index contributed by atoms with van der Waals surface area (Å²) in [6.45, 7) is 2.51. The number of hydrogen-bond donors (Lipinski definition) is 1. The highest BCUT2D eigenvalue weighted by atomic mass is 35.5. The molecule has 0 aliphatic carbocycles. The summed E-state index contributed by atoms with van der Waals surface area (Å²) in [5.41, 5.74) is 1.31. The van der Waals surface area contributed by atoms with Gasteiger partial charge in [0.05, 0.1) is 7.11 Å². The molecule has 1 aromatic carbocycles. The largest absolute Gasteiger partial charge is 0.468 e. The highest BCUT2D eigenvalue weighted by Crippen LogP contribution is 2.33. The smallest absolute Gasteiger partial charge is 0.333 e. The van der Waals surface area contributed by atoms with Gasteiger partial charge in [-0.3, -0.25) is 9.69 Å². The standard InChI is InChI=1S/C36H46ClNO6S/c1-3-4-5-6-7-8-9-10-11-12-13-14-15-16-17-18-23-33(39)43-28-44-34(40)26-29-27-38(25-24-32(29)45)35(36(41)42-2)30-21-19-20-22-31(30)37/h4-5,7-8,10-11,13-14,16-17,19-22,26,32,35,45H,3,6,9,12,15,18,23-25,27-28H2,1-2H3/b5-4-,8-7-,11-10-,14-13-,17-16-,29-26-/t32?,35-/m0/s1. The molecule has 0 saturated carbocycles. The van der Waals surface area contributed by atoms with Crippen LogP contribution in [-0.4, -0.2) is 55.1 Å². The molecule has 0 N–H and O–H groups in total. The van der Waals surface area contributed by atoms with Crippen molar-refractivity contribution in [2.24, 2.45) is 0 Å². The average molecular weight is 656 g/mol. The lowest BCUT2D eigenvalue weighted by molar-refractivity contribution is -0.163. The number of rotatable bonds is 18. The summed E-state index contributed by atoms with van der Waals surface area (Å²) >= 11 is 11.0. The van der Waals surface area contributed by atoms with E-state index in [1.54, 1.807) is 24.3 Å². The second kappa shape index (κ2) is 23.1. The number of carbonyl (C=O) groups excluding carboxylic acids is 3. The molecule has 1 heterocycles. The highest BCUT2D eigenvalue weighted by molar-refractivity contribution is 7.81. The molecule has 0 amide bonds. The van der Waals surface area contributed by atoms with Crippen molar-refractivity contribution in [2.75, 3.05) is 27.0 Å². The van der Waals surface area contributed by atoms with Crippen LogP contribution >= 0.6 is 24.2 Å². The van der Waals surface area contributed by atoms with Gasteiger partial charge in [-0.1, -0.05) is 97.5 Å². The van der Waals surface area contributed by atoms with E-state index in [0.29, 0.717) is 42.1 Å². The molecule has 0 spiro atoms. The number of nitrogens with zero attached hydrogens (tertiary/aromatic N) is 1. The molecule has 0 bridgehead atoms. The van der Waals surface area contributed by atoms with E-state index in [9.17, 15) is 14.4 Å². The molecule has 1 aromatic rings. The van der Waals surface area contributed by atoms with Crippen molar-refractivity contribution in [3.63, 3.8) is 0 Å². The fraction of sp³-hybridized carbons (Fsp3) is 0.417. The van der Waals surface area contributed by atoms with Crippen LogP contribution in [0.4, 0.5) is 0 Å². The minimum Gasteiger partial charge on any atom is -0.468 e. The molecule has 0 radical (unpaired) electrons. The SMILES string of the molecule is CC/C=C\C/C=C\C/C=C\C/C=C\C/C=C\CCC(=O)OCOC(=O)/C=C1/CN([C@H](C(=O)OC)c2ccccc2Cl)CCC1S. The quantitative estimate of drug-likeness (QED) is 0.0563. The molecule has 1 aliphatic rings. The second-order valence-electron chi connectivity index (χ2n) is 10.3. The summed E-state index contributed by atoms with van der Waals surface area (Å²) in [5.74, 6) is -1.55. The van der Waals surface area contributed by atoms with E-state index in [1.165, 1.54) is 13.2 Å². The topological polar surface area (TPSA) is 82.1 Å². The number of thiol groups is 1. The van der Waals surface area contributed by atoms with Crippen LogP contribution < -0.4 is 0 Å². The zero-order valence-electron chi connectivity index (χ0n) is 26.3. The van der Waals surface area contributed by atoms with Crippen molar-refractivity contribution in [1.29, 1.82) is 0 Å². The van der Waals surface area contributed by atoms with Gasteiger partial charge in [0.1, 0.15) is 6.04 Å². The third kappa shape index (κ3) is 15.5. The van der Waals surface area contributed by atoms with Gasteiger partial charge in [0, 0.05) is 35.9 Å². The highest BCUT2D eigenvalue weighted by Gasteiger charge is 2.34. The number of esters is 3. The maximum absolute atomic E-state index is 12.7. The Morgan fingerprint density at radius 3 is 2.13 bits per heavy atom. The van der Waals surface area contributed by atoms with Gasteiger partial charge in [-0.25, -0.2) is 9.59 Å². The van der Waals surface area contributed by atoms with Crippen LogP contribution in [-0.2, 0) is 28.6 Å². The minimum atomic E-state index is -0.729. The molecule has 9 heteroatoms. The maximum Gasteiger partial charge on any atom is 0.333 e. The molecule has 244 valence electrons. The molecular formula is C36H46ClNO6S. The van der Waals surface area contributed by atoms with E-state index in [1.807, 2.05) is 17.1 Å². The van der Waals surface area contributed by atoms with Gasteiger partial charge >= 0.3 is 17.9 Å². The summed E-state index contributed by atoms with van der Waals surface area (Å²) in [7, 11) is 1.33. The van der Waals surface area contributed by atoms with Gasteiger partial charge in [0.25, 0.3) is 0 Å². The summed E-state index contributed by atoms with van der Waals surface area (Å²) < 4.78 is 15.2. The Hall–Kier alpha value is -3.33. The van der Waals surface area contributed by atoms with Crippen LogP contribution in [0.3, 0.4) is 0 Å². The number of halogens is 1. The van der Waals surface area contributed by atoms with Gasteiger partial charge in [-0.05, 0) is 62.1 Å². The van der Waals surface area contributed by atoms with Crippen LogP contribution in [0.1, 0.15) is 69.9 Å². The summed E-state index contributed by atoms with van der Waals surface area (Å²) in [6, 6.07) is 6.37. The number of methoxy groups -OCH3 is 1. The predicted molar refractivity (Wildman–Crippen MR) is 184 cm³/mol. The minimum absolute atomic E-state index is 0.188. The van der Waals surface area contributed by atoms with Gasteiger partial charge < -0.3 is 14.2 Å². The maximum atomic E-state index is 12.7. The van der Waals surface area contributed by atoms with E-state index in [4.69, 9.17) is 25.8 Å². The predicted octanol–water partition coefficient (Wildman–Crippen LogP) is 8.06. The third-order valence-electron chi connectivity index (χ3n) is 6.89. The number of carbonyl (C=O) groups is 3. The number of hydrogen-bond acceptors (Lipinski definition) is 8. The third-order valence-corrected chi connectivity index (χ3v) is 7.82. The van der Waals surface area contributed by atoms with Gasteiger partial charge in [0.15, 0.2) is 0 Å². The van der Waals surface area contributed by atoms with Crippen molar-refractivity contribution in [3.8, 4) is 0 Å². The van der Waals surface area contributed by atoms with E-state index in [-0.39, 0.29) is 11.7 Å². The first-order valence-electron chi connectivity index (χ1n) is 15.4. The van der Waals surface area contributed by atoms with Crippen LogP contribution in [0.25, 0.3) is 0 Å². The molecule has 1 unspecified atom stereocenters. The summed E-state index contributed by atoms with van der Waals surface area (Å²) in [4.78, 5) is 39.1. The molecule has 1 fully saturated rings. The molecule has 1 saturated heterocycles. The van der Waals surface area contributed by atoms with Crippen LogP contribution in [0.15, 0.2) is 96.7 Å². The molecule has 0 aromatic heterocycles. The summed E-state index contributed by atoms with van der Waals surface area (Å²) in [6.07, 6.45) is 28.5. The number of piperidine rings is 1. The van der Waals surface area contributed by atoms with Gasteiger partial charge in [0.2, 0.25) is 6.79 Å². The van der Waals surface area contributed by atoms with Crippen LogP contribution in [0, 0.1) is 0 Å². The molecule has 2 rings (SSSR count). The lowest BCUT2D eigenvalue weighted by atomic mass is 9.98. The molecule has 7 nitrogen and oxygen atoms in total. The van der Waals surface area contributed by atoms with E-state index < -0.39 is 30.7 Å².